The first kappa shape index (κ1) is 20.8. The molecule has 0 saturated carbocycles. The van der Waals surface area contributed by atoms with Crippen molar-refractivity contribution in [3.05, 3.63) is 35.4 Å². The van der Waals surface area contributed by atoms with Gasteiger partial charge in [0.25, 0.3) is 5.91 Å². The first-order valence-electron chi connectivity index (χ1n) is 9.99. The molecule has 0 aromatic heterocycles. The molecule has 2 fully saturated rings. The number of benzene rings is 1. The summed E-state index contributed by atoms with van der Waals surface area (Å²) >= 11 is 0. The number of hydrogen-bond donors (Lipinski definition) is 1. The SMILES string of the molecule is COCCN(C(=O)CN1C(=O)N[C@@]2(CCc3ccccc32)C1=O)[C@@H]1CCS(=O)(=O)C1. The van der Waals surface area contributed by atoms with Crippen LogP contribution in [-0.2, 0) is 36.1 Å². The predicted octanol–water partition coefficient (Wildman–Crippen LogP) is 0.0420. The Balaban J connectivity index is 1.53. The van der Waals surface area contributed by atoms with E-state index in [2.05, 4.69) is 5.32 Å². The van der Waals surface area contributed by atoms with Crippen LogP contribution in [0.3, 0.4) is 0 Å². The van der Waals surface area contributed by atoms with E-state index in [1.807, 2.05) is 24.3 Å². The topological polar surface area (TPSA) is 113 Å². The van der Waals surface area contributed by atoms with E-state index in [1.165, 1.54) is 12.0 Å². The summed E-state index contributed by atoms with van der Waals surface area (Å²) < 4.78 is 28.8. The van der Waals surface area contributed by atoms with E-state index in [0.717, 1.165) is 16.0 Å². The van der Waals surface area contributed by atoms with Crippen LogP contribution < -0.4 is 5.32 Å². The number of aryl methyl sites for hydroxylation is 1. The second-order valence-corrected chi connectivity index (χ2v) is 10.2. The molecule has 2 heterocycles. The van der Waals surface area contributed by atoms with Gasteiger partial charge < -0.3 is 15.0 Å². The predicted molar refractivity (Wildman–Crippen MR) is 107 cm³/mol. The van der Waals surface area contributed by atoms with Gasteiger partial charge in [-0.3, -0.25) is 14.5 Å². The molecule has 2 aliphatic heterocycles. The number of rotatable bonds is 6. The van der Waals surface area contributed by atoms with Gasteiger partial charge in [-0.05, 0) is 30.4 Å². The van der Waals surface area contributed by atoms with Gasteiger partial charge in [0.1, 0.15) is 12.1 Å². The van der Waals surface area contributed by atoms with Gasteiger partial charge in [-0.15, -0.1) is 0 Å². The van der Waals surface area contributed by atoms with Crippen molar-refractivity contribution in [2.75, 3.05) is 38.3 Å². The number of amides is 4. The lowest BCUT2D eigenvalue weighted by molar-refractivity contribution is -0.140. The van der Waals surface area contributed by atoms with Crippen LogP contribution in [0.1, 0.15) is 24.0 Å². The van der Waals surface area contributed by atoms with E-state index in [-0.39, 0.29) is 24.7 Å². The Morgan fingerprint density at radius 3 is 2.80 bits per heavy atom. The minimum Gasteiger partial charge on any atom is -0.383 e. The number of nitrogens with zero attached hydrogens (tertiary/aromatic N) is 2. The Kier molecular flexibility index (Phi) is 5.31. The molecule has 10 heteroatoms. The van der Waals surface area contributed by atoms with Gasteiger partial charge in [-0.2, -0.15) is 0 Å². The molecule has 1 N–H and O–H groups in total. The molecule has 0 bridgehead atoms. The molecule has 3 aliphatic rings. The lowest BCUT2D eigenvalue weighted by Crippen LogP contribution is -2.49. The van der Waals surface area contributed by atoms with E-state index < -0.39 is 45.8 Å². The molecule has 1 aromatic carbocycles. The van der Waals surface area contributed by atoms with E-state index in [0.29, 0.717) is 19.3 Å². The summed E-state index contributed by atoms with van der Waals surface area (Å²) in [7, 11) is -1.70. The molecule has 30 heavy (non-hydrogen) atoms. The molecule has 0 radical (unpaired) electrons. The Morgan fingerprint density at radius 2 is 2.10 bits per heavy atom. The van der Waals surface area contributed by atoms with Gasteiger partial charge >= 0.3 is 6.03 Å². The van der Waals surface area contributed by atoms with Crippen LogP contribution in [0.5, 0.6) is 0 Å². The van der Waals surface area contributed by atoms with Gasteiger partial charge in [-0.25, -0.2) is 13.2 Å². The zero-order valence-corrected chi connectivity index (χ0v) is 17.6. The highest BCUT2D eigenvalue weighted by Crippen LogP contribution is 2.41. The summed E-state index contributed by atoms with van der Waals surface area (Å²) in [6.07, 6.45) is 1.47. The zero-order valence-electron chi connectivity index (χ0n) is 16.8. The highest BCUT2D eigenvalue weighted by molar-refractivity contribution is 7.91. The molecular weight excluding hydrogens is 410 g/mol. The minimum absolute atomic E-state index is 0.0253. The Hall–Kier alpha value is -2.46. The van der Waals surface area contributed by atoms with Crippen molar-refractivity contribution in [1.29, 1.82) is 0 Å². The summed E-state index contributed by atoms with van der Waals surface area (Å²) in [4.78, 5) is 41.3. The molecule has 162 valence electrons. The number of methoxy groups -OCH3 is 1. The molecular formula is C20H25N3O6S. The average Bonchev–Trinajstić information content (AvgIpc) is 3.33. The van der Waals surface area contributed by atoms with Crippen LogP contribution in [0, 0.1) is 0 Å². The molecule has 2 saturated heterocycles. The number of fused-ring (bicyclic) bond motifs is 2. The first-order valence-corrected chi connectivity index (χ1v) is 11.8. The minimum atomic E-state index is -3.19. The van der Waals surface area contributed by atoms with Crippen LogP contribution >= 0.6 is 0 Å². The average molecular weight is 436 g/mol. The fraction of sp³-hybridized carbons (Fsp3) is 0.550. The quantitative estimate of drug-likeness (QED) is 0.632. The number of carbonyl (C=O) groups excluding carboxylic acids is 3. The zero-order chi connectivity index (χ0) is 21.5. The normalized spacial score (nSPS) is 26.8. The number of ether oxygens (including phenoxy) is 1. The molecule has 1 aliphatic carbocycles. The lowest BCUT2D eigenvalue weighted by Gasteiger charge is -2.29. The maximum atomic E-state index is 13.3. The first-order chi connectivity index (χ1) is 14.3. The summed E-state index contributed by atoms with van der Waals surface area (Å²) in [5.74, 6) is -0.977. The van der Waals surface area contributed by atoms with Crippen LogP contribution in [0.15, 0.2) is 24.3 Å². The number of sulfone groups is 1. The number of carbonyl (C=O) groups is 3. The lowest BCUT2D eigenvalue weighted by atomic mass is 9.92. The van der Waals surface area contributed by atoms with Crippen molar-refractivity contribution in [3.63, 3.8) is 0 Å². The summed E-state index contributed by atoms with van der Waals surface area (Å²) in [6, 6.07) is 6.41. The largest absolute Gasteiger partial charge is 0.383 e. The van der Waals surface area contributed by atoms with E-state index in [9.17, 15) is 22.8 Å². The van der Waals surface area contributed by atoms with Crippen molar-refractivity contribution in [3.8, 4) is 0 Å². The van der Waals surface area contributed by atoms with Crippen LogP contribution in [-0.4, -0.2) is 80.4 Å². The molecule has 0 unspecified atom stereocenters. The third kappa shape index (κ3) is 3.47. The highest BCUT2D eigenvalue weighted by atomic mass is 32.2. The Morgan fingerprint density at radius 1 is 1.33 bits per heavy atom. The molecule has 9 nitrogen and oxygen atoms in total. The van der Waals surface area contributed by atoms with Crippen molar-refractivity contribution >= 4 is 27.7 Å². The van der Waals surface area contributed by atoms with Gasteiger partial charge in [0.15, 0.2) is 9.84 Å². The highest BCUT2D eigenvalue weighted by Gasteiger charge is 2.55. The molecule has 1 spiro atoms. The Labute approximate surface area is 175 Å². The molecule has 4 rings (SSSR count). The second-order valence-electron chi connectivity index (χ2n) is 8.02. The van der Waals surface area contributed by atoms with Crippen LogP contribution in [0.2, 0.25) is 0 Å². The van der Waals surface area contributed by atoms with E-state index >= 15 is 0 Å². The number of nitrogens with one attached hydrogen (secondary N) is 1. The summed E-state index contributed by atoms with van der Waals surface area (Å²) in [6.45, 7) is 0.0156. The smallest absolute Gasteiger partial charge is 0.325 e. The van der Waals surface area contributed by atoms with Gasteiger partial charge in [0.05, 0.1) is 18.1 Å². The number of hydrogen-bond acceptors (Lipinski definition) is 6. The van der Waals surface area contributed by atoms with Crippen molar-refractivity contribution in [2.24, 2.45) is 0 Å². The van der Waals surface area contributed by atoms with Crippen LogP contribution in [0.25, 0.3) is 0 Å². The summed E-state index contributed by atoms with van der Waals surface area (Å²) in [5, 5.41) is 2.80. The second kappa shape index (κ2) is 7.66. The van der Waals surface area contributed by atoms with E-state index in [1.54, 1.807) is 0 Å². The van der Waals surface area contributed by atoms with Crippen molar-refractivity contribution < 1.29 is 27.5 Å². The van der Waals surface area contributed by atoms with Gasteiger partial charge in [0, 0.05) is 19.7 Å². The van der Waals surface area contributed by atoms with Crippen molar-refractivity contribution in [1.82, 2.24) is 15.1 Å². The molecule has 1 aromatic rings. The number of imide groups is 1. The molecule has 4 amide bonds. The maximum Gasteiger partial charge on any atom is 0.325 e. The maximum absolute atomic E-state index is 13.3. The van der Waals surface area contributed by atoms with Gasteiger partial charge in [0.2, 0.25) is 5.91 Å². The van der Waals surface area contributed by atoms with Crippen molar-refractivity contribution in [2.45, 2.75) is 30.8 Å². The van der Waals surface area contributed by atoms with Crippen LogP contribution in [0.4, 0.5) is 4.79 Å². The standard InChI is InChI=1S/C20H25N3O6S/c1-29-10-9-22(15-7-11-30(27,28)13-15)17(24)12-23-18(25)20(21-19(23)26)8-6-14-4-2-3-5-16(14)20/h2-5,15H,6-13H2,1H3,(H,21,26)/t15-,20-/m1/s1. The fourth-order valence-corrected chi connectivity index (χ4v) is 6.41. The molecule has 2 atom stereocenters. The van der Waals surface area contributed by atoms with Gasteiger partial charge in [-0.1, -0.05) is 24.3 Å². The van der Waals surface area contributed by atoms with E-state index in [4.69, 9.17) is 4.74 Å². The Bertz CT molecular complexity index is 994. The number of urea groups is 1. The summed E-state index contributed by atoms with van der Waals surface area (Å²) in [5.41, 5.74) is 0.663. The fourth-order valence-electron chi connectivity index (χ4n) is 4.68. The monoisotopic (exact) mass is 435 g/mol. The third-order valence-electron chi connectivity index (χ3n) is 6.22. The third-order valence-corrected chi connectivity index (χ3v) is 7.97.